The van der Waals surface area contributed by atoms with Crippen LogP contribution in [0, 0.1) is 5.92 Å². The summed E-state index contributed by atoms with van der Waals surface area (Å²) < 4.78 is 17.7. The number of ether oxygens (including phenoxy) is 1. The molecule has 0 bridgehead atoms. The van der Waals surface area contributed by atoms with E-state index in [0.717, 1.165) is 12.7 Å². The van der Waals surface area contributed by atoms with E-state index in [1.807, 2.05) is 35.6 Å². The van der Waals surface area contributed by atoms with Crippen molar-refractivity contribution in [3.63, 3.8) is 0 Å². The molecule has 1 fully saturated rings. The molecule has 1 aromatic rings. The SMILES string of the molecule is CC1CC(COP(NCC=O)Oc2ccccc2)OC1N(C)/C=C\C(=O)NC=O. The lowest BCUT2D eigenvalue weighted by atomic mass is 10.1. The molecule has 2 N–H and O–H groups in total. The van der Waals surface area contributed by atoms with Gasteiger partial charge in [-0.1, -0.05) is 25.1 Å². The largest absolute Gasteiger partial charge is 0.436 e. The van der Waals surface area contributed by atoms with Gasteiger partial charge in [0.2, 0.25) is 6.41 Å². The van der Waals surface area contributed by atoms with Crippen LogP contribution in [0.4, 0.5) is 0 Å². The van der Waals surface area contributed by atoms with Gasteiger partial charge >= 0.3 is 8.53 Å². The molecule has 10 heteroatoms. The maximum Gasteiger partial charge on any atom is 0.318 e. The number of rotatable bonds is 12. The number of hydrogen-bond acceptors (Lipinski definition) is 8. The van der Waals surface area contributed by atoms with Gasteiger partial charge in [-0.15, -0.1) is 0 Å². The van der Waals surface area contributed by atoms with Crippen LogP contribution in [0.3, 0.4) is 0 Å². The van der Waals surface area contributed by atoms with Crippen LogP contribution < -0.4 is 14.9 Å². The number of carbonyl (C=O) groups is 3. The van der Waals surface area contributed by atoms with Gasteiger partial charge in [0.15, 0.2) is 0 Å². The van der Waals surface area contributed by atoms with Crippen molar-refractivity contribution in [1.82, 2.24) is 15.3 Å². The van der Waals surface area contributed by atoms with Crippen molar-refractivity contribution in [2.24, 2.45) is 5.92 Å². The van der Waals surface area contributed by atoms with Crippen LogP contribution in [0.5, 0.6) is 5.75 Å². The van der Waals surface area contributed by atoms with E-state index in [1.54, 1.807) is 18.1 Å². The number of para-hydroxylation sites is 1. The van der Waals surface area contributed by atoms with Crippen LogP contribution in [0.25, 0.3) is 0 Å². The van der Waals surface area contributed by atoms with Crippen molar-refractivity contribution in [1.29, 1.82) is 0 Å². The van der Waals surface area contributed by atoms with E-state index in [4.69, 9.17) is 13.8 Å². The molecule has 0 aromatic heterocycles. The third-order valence-electron chi connectivity index (χ3n) is 4.13. The molecule has 4 atom stereocenters. The first-order chi connectivity index (χ1) is 14.0. The number of imide groups is 1. The Morgan fingerprint density at radius 3 is 2.79 bits per heavy atom. The third-order valence-corrected chi connectivity index (χ3v) is 5.33. The zero-order valence-corrected chi connectivity index (χ0v) is 17.3. The van der Waals surface area contributed by atoms with E-state index >= 15 is 0 Å². The number of hydrogen-bond donors (Lipinski definition) is 2. The fraction of sp³-hybridized carbons (Fsp3) is 0.421. The highest BCUT2D eigenvalue weighted by molar-refractivity contribution is 7.45. The van der Waals surface area contributed by atoms with Gasteiger partial charge in [-0.3, -0.25) is 14.9 Å². The number of nitrogens with zero attached hydrogens (tertiary/aromatic N) is 1. The van der Waals surface area contributed by atoms with Crippen molar-refractivity contribution in [2.45, 2.75) is 25.7 Å². The molecule has 1 aliphatic heterocycles. The Morgan fingerprint density at radius 1 is 1.34 bits per heavy atom. The third kappa shape index (κ3) is 7.91. The van der Waals surface area contributed by atoms with Crippen LogP contribution in [-0.4, -0.2) is 56.0 Å². The Bertz CT molecular complexity index is 690. The fourth-order valence-electron chi connectivity index (χ4n) is 2.84. The summed E-state index contributed by atoms with van der Waals surface area (Å²) in [6.45, 7) is 2.47. The summed E-state index contributed by atoms with van der Waals surface area (Å²) in [5.74, 6) is 0.355. The van der Waals surface area contributed by atoms with Gasteiger partial charge in [0.05, 0.1) is 19.3 Å². The van der Waals surface area contributed by atoms with Gasteiger partial charge in [0, 0.05) is 25.2 Å². The van der Waals surface area contributed by atoms with Crippen molar-refractivity contribution in [3.05, 3.63) is 42.6 Å². The summed E-state index contributed by atoms with van der Waals surface area (Å²) in [5, 5.41) is 4.98. The maximum atomic E-state index is 11.4. The Labute approximate surface area is 171 Å². The zero-order chi connectivity index (χ0) is 21.1. The minimum absolute atomic E-state index is 0.124. The highest BCUT2D eigenvalue weighted by Gasteiger charge is 2.34. The summed E-state index contributed by atoms with van der Waals surface area (Å²) in [4.78, 5) is 34.1. The van der Waals surface area contributed by atoms with Crippen LogP contribution in [-0.2, 0) is 23.6 Å². The van der Waals surface area contributed by atoms with Crippen molar-refractivity contribution >= 4 is 27.1 Å². The first-order valence-electron chi connectivity index (χ1n) is 9.16. The van der Waals surface area contributed by atoms with Gasteiger partial charge in [0.1, 0.15) is 18.3 Å². The minimum Gasteiger partial charge on any atom is -0.436 e. The molecule has 2 rings (SSSR count). The molecule has 0 aliphatic carbocycles. The predicted molar refractivity (Wildman–Crippen MR) is 108 cm³/mol. The molecule has 29 heavy (non-hydrogen) atoms. The molecular weight excluding hydrogens is 397 g/mol. The molecule has 0 spiro atoms. The van der Waals surface area contributed by atoms with E-state index in [-0.39, 0.29) is 24.8 Å². The highest BCUT2D eigenvalue weighted by atomic mass is 31.2. The molecule has 1 aromatic carbocycles. The first-order valence-corrected chi connectivity index (χ1v) is 10.3. The minimum atomic E-state index is -1.50. The maximum absolute atomic E-state index is 11.4. The average Bonchev–Trinajstić information content (AvgIpc) is 3.10. The molecule has 158 valence electrons. The summed E-state index contributed by atoms with van der Waals surface area (Å²) in [6, 6.07) is 9.22. The van der Waals surface area contributed by atoms with E-state index in [2.05, 4.69) is 12.0 Å². The molecule has 9 nitrogen and oxygen atoms in total. The molecule has 4 unspecified atom stereocenters. The quantitative estimate of drug-likeness (QED) is 0.297. The fourth-order valence-corrected chi connectivity index (χ4v) is 3.89. The van der Waals surface area contributed by atoms with E-state index < -0.39 is 14.4 Å². The lowest BCUT2D eigenvalue weighted by Gasteiger charge is -2.26. The second-order valence-electron chi connectivity index (χ2n) is 6.46. The Morgan fingerprint density at radius 2 is 2.10 bits per heavy atom. The number of aldehydes is 1. The number of amides is 2. The Balaban J connectivity index is 1.86. The molecule has 0 saturated carbocycles. The van der Waals surface area contributed by atoms with Gasteiger partial charge in [0.25, 0.3) is 5.91 Å². The number of benzene rings is 1. The summed E-state index contributed by atoms with van der Waals surface area (Å²) in [5.41, 5.74) is 0. The van der Waals surface area contributed by atoms with Crippen LogP contribution in [0.1, 0.15) is 13.3 Å². The van der Waals surface area contributed by atoms with E-state index in [9.17, 15) is 14.4 Å². The summed E-state index contributed by atoms with van der Waals surface area (Å²) >= 11 is 0. The van der Waals surface area contributed by atoms with Gasteiger partial charge in [-0.05, 0) is 18.6 Å². The van der Waals surface area contributed by atoms with Crippen LogP contribution in [0.2, 0.25) is 0 Å². The summed E-state index contributed by atoms with van der Waals surface area (Å²) in [7, 11) is 0.300. The Kier molecular flexibility index (Phi) is 9.73. The average molecular weight is 423 g/mol. The van der Waals surface area contributed by atoms with Crippen molar-refractivity contribution in [3.8, 4) is 5.75 Å². The molecule has 1 saturated heterocycles. The number of nitrogens with one attached hydrogen (secondary N) is 2. The van der Waals surface area contributed by atoms with Crippen molar-refractivity contribution in [2.75, 3.05) is 20.2 Å². The monoisotopic (exact) mass is 423 g/mol. The smallest absolute Gasteiger partial charge is 0.318 e. The van der Waals surface area contributed by atoms with Crippen LogP contribution >= 0.6 is 8.53 Å². The van der Waals surface area contributed by atoms with Gasteiger partial charge in [-0.2, -0.15) is 0 Å². The topological polar surface area (TPSA) is 106 Å². The second kappa shape index (κ2) is 12.3. The van der Waals surface area contributed by atoms with Crippen molar-refractivity contribution < 1.29 is 28.2 Å². The summed E-state index contributed by atoms with van der Waals surface area (Å²) in [6.07, 6.45) is 4.31. The molecule has 1 heterocycles. The van der Waals surface area contributed by atoms with E-state index in [1.165, 1.54) is 6.08 Å². The second-order valence-corrected chi connectivity index (χ2v) is 7.73. The lowest BCUT2D eigenvalue weighted by molar-refractivity contribution is -0.121. The molecular formula is C19H26N3O6P. The molecule has 2 amide bonds. The molecule has 1 aliphatic rings. The van der Waals surface area contributed by atoms with Gasteiger partial charge in [-0.25, -0.2) is 5.09 Å². The Hall–Kier alpha value is -2.32. The standard InChI is InChI=1S/C19H26N3O6P/c1-15-12-17(27-19(15)22(2)10-8-18(25)20-14-24)13-26-29(21-9-11-23)28-16-6-4-3-5-7-16/h3-8,10-11,14-15,17,19,21H,9,12-13H2,1-2H3,(H,20,24,25)/b10-8-. The zero-order valence-electron chi connectivity index (χ0n) is 16.4. The normalized spacial score (nSPS) is 22.2. The van der Waals surface area contributed by atoms with Crippen LogP contribution in [0.15, 0.2) is 42.6 Å². The van der Waals surface area contributed by atoms with Gasteiger partial charge < -0.3 is 23.5 Å². The number of carbonyl (C=O) groups excluding carboxylic acids is 3. The predicted octanol–water partition coefficient (Wildman–Crippen LogP) is 1.57. The lowest BCUT2D eigenvalue weighted by Crippen LogP contribution is -2.32. The first kappa shape index (κ1) is 23.0. The van der Waals surface area contributed by atoms with E-state index in [0.29, 0.717) is 18.8 Å². The molecule has 0 radical (unpaired) electrons. The highest BCUT2D eigenvalue weighted by Crippen LogP contribution is 2.37.